The molecule has 3 aromatic rings. The summed E-state index contributed by atoms with van der Waals surface area (Å²) in [5.74, 6) is 0.620. The normalized spacial score (nSPS) is 10.7. The van der Waals surface area contributed by atoms with Crippen LogP contribution in [0.4, 0.5) is 5.69 Å². The summed E-state index contributed by atoms with van der Waals surface area (Å²) in [5.41, 5.74) is 3.84. The van der Waals surface area contributed by atoms with Crippen LogP contribution >= 0.6 is 11.3 Å². The van der Waals surface area contributed by atoms with E-state index in [4.69, 9.17) is 4.42 Å². The van der Waals surface area contributed by atoms with Crippen molar-refractivity contribution in [2.75, 3.05) is 5.32 Å². The van der Waals surface area contributed by atoms with E-state index in [9.17, 15) is 4.79 Å². The summed E-state index contributed by atoms with van der Waals surface area (Å²) in [6.07, 6.45) is 0. The molecule has 3 rings (SSSR count). The molecule has 0 unspecified atom stereocenters. The third kappa shape index (κ3) is 2.94. The molecule has 0 aliphatic heterocycles. The Morgan fingerprint density at radius 3 is 2.64 bits per heavy atom. The van der Waals surface area contributed by atoms with Gasteiger partial charge in [0.15, 0.2) is 11.5 Å². The standard InChI is InChI=1S/C17H16N2O2S/c1-10-4-5-13(8-11(10)2)19-17(20)16-7-6-15(21-16)14-9-22-12(3)18-14/h4-9H,1-3H3,(H,19,20). The lowest BCUT2D eigenvalue weighted by molar-refractivity contribution is 0.0997. The Labute approximate surface area is 132 Å². The highest BCUT2D eigenvalue weighted by molar-refractivity contribution is 7.09. The number of rotatable bonds is 3. The number of nitrogens with zero attached hydrogens (tertiary/aromatic N) is 1. The summed E-state index contributed by atoms with van der Waals surface area (Å²) in [7, 11) is 0. The van der Waals surface area contributed by atoms with E-state index < -0.39 is 0 Å². The highest BCUT2D eigenvalue weighted by Crippen LogP contribution is 2.24. The van der Waals surface area contributed by atoms with Crippen molar-refractivity contribution >= 4 is 22.9 Å². The lowest BCUT2D eigenvalue weighted by Gasteiger charge is -2.06. The molecule has 0 fully saturated rings. The van der Waals surface area contributed by atoms with Gasteiger partial charge in [0.2, 0.25) is 0 Å². The highest BCUT2D eigenvalue weighted by Gasteiger charge is 2.14. The fourth-order valence-electron chi connectivity index (χ4n) is 2.09. The van der Waals surface area contributed by atoms with Crippen LogP contribution in [0.15, 0.2) is 40.1 Å². The maximum absolute atomic E-state index is 12.2. The first-order chi connectivity index (χ1) is 10.5. The van der Waals surface area contributed by atoms with Gasteiger partial charge in [-0.25, -0.2) is 4.98 Å². The number of hydrogen-bond donors (Lipinski definition) is 1. The van der Waals surface area contributed by atoms with Gasteiger partial charge in [0.1, 0.15) is 5.69 Å². The Balaban J connectivity index is 1.78. The average molecular weight is 312 g/mol. The molecule has 0 radical (unpaired) electrons. The van der Waals surface area contributed by atoms with Gasteiger partial charge >= 0.3 is 0 Å². The van der Waals surface area contributed by atoms with Crippen molar-refractivity contribution in [2.24, 2.45) is 0 Å². The quantitative estimate of drug-likeness (QED) is 0.770. The van der Waals surface area contributed by atoms with Crippen LogP contribution in [0.1, 0.15) is 26.7 Å². The van der Waals surface area contributed by atoms with Crippen molar-refractivity contribution in [3.05, 3.63) is 57.6 Å². The lowest BCUT2D eigenvalue weighted by atomic mass is 10.1. The van der Waals surface area contributed by atoms with E-state index >= 15 is 0 Å². The van der Waals surface area contributed by atoms with E-state index in [1.807, 2.05) is 44.4 Å². The van der Waals surface area contributed by atoms with Gasteiger partial charge in [-0.3, -0.25) is 4.79 Å². The van der Waals surface area contributed by atoms with Gasteiger partial charge in [-0.05, 0) is 56.2 Å². The van der Waals surface area contributed by atoms with Crippen LogP contribution in [0.3, 0.4) is 0 Å². The first kappa shape index (κ1) is 14.5. The number of benzene rings is 1. The summed E-state index contributed by atoms with van der Waals surface area (Å²) >= 11 is 1.55. The Hall–Kier alpha value is -2.40. The second kappa shape index (κ2) is 5.77. The van der Waals surface area contributed by atoms with Crippen molar-refractivity contribution in [3.63, 3.8) is 0 Å². The minimum atomic E-state index is -0.263. The van der Waals surface area contributed by atoms with Gasteiger partial charge in [0.25, 0.3) is 5.91 Å². The lowest BCUT2D eigenvalue weighted by Crippen LogP contribution is -2.10. The zero-order valence-corrected chi connectivity index (χ0v) is 13.5. The summed E-state index contributed by atoms with van der Waals surface area (Å²) in [5, 5.41) is 5.73. The predicted octanol–water partition coefficient (Wildman–Crippen LogP) is 4.58. The molecule has 2 aromatic heterocycles. The van der Waals surface area contributed by atoms with Crippen LogP contribution in [0.5, 0.6) is 0 Å². The summed E-state index contributed by atoms with van der Waals surface area (Å²) in [6.45, 7) is 5.99. The molecule has 0 bridgehead atoms. The Morgan fingerprint density at radius 2 is 1.95 bits per heavy atom. The number of anilines is 1. The van der Waals surface area contributed by atoms with Crippen LogP contribution in [0.2, 0.25) is 0 Å². The molecule has 0 atom stereocenters. The zero-order valence-electron chi connectivity index (χ0n) is 12.6. The molecule has 112 valence electrons. The largest absolute Gasteiger partial charge is 0.449 e. The summed E-state index contributed by atoms with van der Waals surface area (Å²) in [4.78, 5) is 16.6. The fourth-order valence-corrected chi connectivity index (χ4v) is 2.69. The fraction of sp³-hybridized carbons (Fsp3) is 0.176. The van der Waals surface area contributed by atoms with E-state index in [-0.39, 0.29) is 11.7 Å². The van der Waals surface area contributed by atoms with Crippen LogP contribution in [0.25, 0.3) is 11.5 Å². The van der Waals surface area contributed by atoms with Gasteiger partial charge in [-0.1, -0.05) is 6.07 Å². The predicted molar refractivity (Wildman–Crippen MR) is 88.4 cm³/mol. The number of hydrogen-bond acceptors (Lipinski definition) is 4. The number of amides is 1. The van der Waals surface area contributed by atoms with E-state index in [1.54, 1.807) is 23.5 Å². The third-order valence-corrected chi connectivity index (χ3v) is 4.24. The van der Waals surface area contributed by atoms with Gasteiger partial charge in [-0.15, -0.1) is 11.3 Å². The topological polar surface area (TPSA) is 55.1 Å². The Bertz CT molecular complexity index is 833. The van der Waals surface area contributed by atoms with Crippen molar-refractivity contribution in [1.29, 1.82) is 0 Å². The molecule has 2 heterocycles. The summed E-state index contributed by atoms with van der Waals surface area (Å²) in [6, 6.07) is 9.25. The van der Waals surface area contributed by atoms with Gasteiger partial charge in [0, 0.05) is 11.1 Å². The molecule has 0 saturated carbocycles. The molecule has 22 heavy (non-hydrogen) atoms. The Morgan fingerprint density at radius 1 is 1.14 bits per heavy atom. The molecule has 0 saturated heterocycles. The summed E-state index contributed by atoms with van der Waals surface area (Å²) < 4.78 is 5.60. The molecule has 4 nitrogen and oxygen atoms in total. The number of thiazole rings is 1. The highest BCUT2D eigenvalue weighted by atomic mass is 32.1. The second-order valence-electron chi connectivity index (χ2n) is 5.17. The smallest absolute Gasteiger partial charge is 0.291 e. The first-order valence-corrected chi connectivity index (χ1v) is 7.82. The second-order valence-corrected chi connectivity index (χ2v) is 6.23. The van der Waals surface area contributed by atoms with Crippen LogP contribution in [-0.4, -0.2) is 10.9 Å². The molecule has 1 aromatic carbocycles. The Kier molecular flexibility index (Phi) is 3.81. The third-order valence-electron chi connectivity index (χ3n) is 3.47. The molecule has 1 N–H and O–H groups in total. The number of aryl methyl sites for hydroxylation is 3. The van der Waals surface area contributed by atoms with E-state index in [2.05, 4.69) is 10.3 Å². The molecule has 5 heteroatoms. The maximum atomic E-state index is 12.2. The van der Waals surface area contributed by atoms with Crippen molar-refractivity contribution in [1.82, 2.24) is 4.98 Å². The average Bonchev–Trinajstić information content (AvgIpc) is 3.11. The number of carbonyl (C=O) groups is 1. The SMILES string of the molecule is Cc1nc(-c2ccc(C(=O)Nc3ccc(C)c(C)c3)o2)cs1. The van der Waals surface area contributed by atoms with Crippen LogP contribution in [0, 0.1) is 20.8 Å². The van der Waals surface area contributed by atoms with E-state index in [0.29, 0.717) is 5.76 Å². The minimum absolute atomic E-state index is 0.263. The molecule has 1 amide bonds. The maximum Gasteiger partial charge on any atom is 0.291 e. The number of carbonyl (C=O) groups excluding carboxylic acids is 1. The van der Waals surface area contributed by atoms with Gasteiger partial charge < -0.3 is 9.73 Å². The first-order valence-electron chi connectivity index (χ1n) is 6.94. The van der Waals surface area contributed by atoms with Crippen molar-refractivity contribution in [3.8, 4) is 11.5 Å². The molecule has 0 spiro atoms. The van der Waals surface area contributed by atoms with Crippen molar-refractivity contribution < 1.29 is 9.21 Å². The zero-order chi connectivity index (χ0) is 15.7. The molecular formula is C17H16N2O2S. The van der Waals surface area contributed by atoms with Gasteiger partial charge in [-0.2, -0.15) is 0 Å². The minimum Gasteiger partial charge on any atom is -0.449 e. The molecule has 0 aliphatic rings. The molecular weight excluding hydrogens is 296 g/mol. The number of aromatic nitrogens is 1. The monoisotopic (exact) mass is 312 g/mol. The number of furan rings is 1. The van der Waals surface area contributed by atoms with Gasteiger partial charge in [0.05, 0.1) is 5.01 Å². The van der Waals surface area contributed by atoms with E-state index in [1.165, 1.54) is 5.56 Å². The van der Waals surface area contributed by atoms with E-state index in [0.717, 1.165) is 22.0 Å². The molecule has 0 aliphatic carbocycles. The number of nitrogens with one attached hydrogen (secondary N) is 1. The van der Waals surface area contributed by atoms with Crippen LogP contribution < -0.4 is 5.32 Å². The van der Waals surface area contributed by atoms with Crippen molar-refractivity contribution in [2.45, 2.75) is 20.8 Å². The van der Waals surface area contributed by atoms with Crippen LogP contribution in [-0.2, 0) is 0 Å².